The second kappa shape index (κ2) is 6.12. The Balaban J connectivity index is 2.51. The van der Waals surface area contributed by atoms with Crippen molar-refractivity contribution in [2.24, 2.45) is 0 Å². The van der Waals surface area contributed by atoms with Gasteiger partial charge in [0.25, 0.3) is 0 Å². The van der Waals surface area contributed by atoms with Crippen LogP contribution in [0.2, 0.25) is 0 Å². The molecule has 0 saturated heterocycles. The van der Waals surface area contributed by atoms with Crippen molar-refractivity contribution < 1.29 is 12.6 Å². The summed E-state index contributed by atoms with van der Waals surface area (Å²) in [6, 6.07) is 8.20. The molecule has 4 nitrogen and oxygen atoms in total. The largest absolute Gasteiger partial charge is 0.260 e. The number of rotatable bonds is 6. The van der Waals surface area contributed by atoms with E-state index >= 15 is 0 Å². The minimum atomic E-state index is -3.41. The Morgan fingerprint density at radius 1 is 1.25 bits per heavy atom. The first-order chi connectivity index (χ1) is 7.52. The number of hydrogen-bond acceptors (Lipinski definition) is 3. The van der Waals surface area contributed by atoms with E-state index in [2.05, 4.69) is 4.72 Å². The van der Waals surface area contributed by atoms with E-state index in [-0.39, 0.29) is 4.90 Å². The molecule has 1 N–H and O–H groups in total. The molecule has 90 valence electrons. The first-order valence-corrected chi connectivity index (χ1v) is 8.08. The minimum absolute atomic E-state index is 0.257. The van der Waals surface area contributed by atoms with E-state index in [0.717, 1.165) is 0 Å². The summed E-state index contributed by atoms with van der Waals surface area (Å²) >= 11 is 0. The maximum atomic E-state index is 11.7. The summed E-state index contributed by atoms with van der Waals surface area (Å²) in [7, 11) is -4.28. The molecule has 0 fully saturated rings. The molecule has 0 aliphatic rings. The van der Waals surface area contributed by atoms with Crippen molar-refractivity contribution in [3.8, 4) is 0 Å². The van der Waals surface area contributed by atoms with E-state index in [1.54, 1.807) is 36.6 Å². The highest BCUT2D eigenvalue weighted by Gasteiger charge is 2.11. The van der Waals surface area contributed by atoms with Gasteiger partial charge in [0.05, 0.1) is 4.90 Å². The fraction of sp³-hybridized carbons (Fsp3) is 0.400. The molecule has 0 radical (unpaired) electrons. The molecule has 6 heteroatoms. The van der Waals surface area contributed by atoms with Crippen molar-refractivity contribution in [1.82, 2.24) is 4.72 Å². The van der Waals surface area contributed by atoms with Gasteiger partial charge in [0, 0.05) is 29.4 Å². The number of benzene rings is 1. The lowest BCUT2D eigenvalue weighted by Crippen LogP contribution is -2.25. The van der Waals surface area contributed by atoms with Crippen LogP contribution in [0.15, 0.2) is 35.2 Å². The van der Waals surface area contributed by atoms with E-state index in [0.29, 0.717) is 18.7 Å². The molecular formula is C10H15NO3S2. The van der Waals surface area contributed by atoms with Gasteiger partial charge >= 0.3 is 0 Å². The van der Waals surface area contributed by atoms with Gasteiger partial charge in [-0.1, -0.05) is 18.2 Å². The Kier molecular flexibility index (Phi) is 5.11. The molecule has 1 aromatic carbocycles. The number of nitrogens with one attached hydrogen (secondary N) is 1. The standard InChI is InChI=1S/C10H15NO3S2/c1-15(12)9-5-8-11-16(13,14)10-6-3-2-4-7-10/h2-4,6-7,11H,5,8-9H2,1H3. The van der Waals surface area contributed by atoms with Gasteiger partial charge in [-0.05, 0) is 18.6 Å². The Morgan fingerprint density at radius 3 is 2.44 bits per heavy atom. The molecule has 0 spiro atoms. The summed E-state index contributed by atoms with van der Waals surface area (Å²) in [5.74, 6) is 0.511. The number of sulfonamides is 1. The van der Waals surface area contributed by atoms with E-state index in [1.165, 1.54) is 0 Å². The second-order valence-electron chi connectivity index (χ2n) is 3.34. The van der Waals surface area contributed by atoms with E-state index in [9.17, 15) is 12.6 Å². The fourth-order valence-electron chi connectivity index (χ4n) is 1.16. The lowest BCUT2D eigenvalue weighted by molar-refractivity contribution is 0.580. The topological polar surface area (TPSA) is 63.2 Å². The van der Waals surface area contributed by atoms with Gasteiger partial charge < -0.3 is 0 Å². The predicted octanol–water partition coefficient (Wildman–Crippen LogP) is 0.733. The molecule has 0 bridgehead atoms. The third-order valence-corrected chi connectivity index (χ3v) is 4.29. The van der Waals surface area contributed by atoms with Crippen molar-refractivity contribution in [2.75, 3.05) is 18.6 Å². The second-order valence-corrected chi connectivity index (χ2v) is 6.66. The molecule has 0 amide bonds. The van der Waals surface area contributed by atoms with Crippen LogP contribution in [0.25, 0.3) is 0 Å². The molecule has 0 aliphatic heterocycles. The summed E-state index contributed by atoms with van der Waals surface area (Å²) in [5.41, 5.74) is 0. The van der Waals surface area contributed by atoms with Crippen LogP contribution in [0, 0.1) is 0 Å². The third-order valence-electron chi connectivity index (χ3n) is 1.95. The highest BCUT2D eigenvalue weighted by atomic mass is 32.2. The van der Waals surface area contributed by atoms with Crippen LogP contribution in [-0.2, 0) is 20.8 Å². The van der Waals surface area contributed by atoms with Gasteiger partial charge in [0.15, 0.2) is 0 Å². The fourth-order valence-corrected chi connectivity index (χ4v) is 2.81. The zero-order valence-corrected chi connectivity index (χ0v) is 10.7. The maximum absolute atomic E-state index is 11.7. The van der Waals surface area contributed by atoms with E-state index in [1.807, 2.05) is 0 Å². The molecule has 1 aromatic rings. The van der Waals surface area contributed by atoms with Crippen molar-refractivity contribution in [1.29, 1.82) is 0 Å². The van der Waals surface area contributed by atoms with Gasteiger partial charge in [-0.2, -0.15) is 0 Å². The summed E-state index contributed by atoms with van der Waals surface area (Å²) in [4.78, 5) is 0.257. The third kappa shape index (κ3) is 4.42. The summed E-state index contributed by atoms with van der Waals surface area (Å²) < 4.78 is 36.6. The average molecular weight is 261 g/mol. The van der Waals surface area contributed by atoms with E-state index < -0.39 is 20.8 Å². The van der Waals surface area contributed by atoms with Gasteiger partial charge in [-0.25, -0.2) is 13.1 Å². The van der Waals surface area contributed by atoms with Crippen molar-refractivity contribution in [2.45, 2.75) is 11.3 Å². The smallest absolute Gasteiger partial charge is 0.240 e. The summed E-state index contributed by atoms with van der Waals surface area (Å²) in [6.07, 6.45) is 2.18. The van der Waals surface area contributed by atoms with Gasteiger partial charge in [-0.15, -0.1) is 0 Å². The van der Waals surface area contributed by atoms with Crippen LogP contribution in [0.4, 0.5) is 0 Å². The first-order valence-electron chi connectivity index (χ1n) is 4.87. The molecular weight excluding hydrogens is 246 g/mol. The van der Waals surface area contributed by atoms with Crippen LogP contribution in [0.1, 0.15) is 6.42 Å². The molecule has 0 saturated carbocycles. The zero-order valence-electron chi connectivity index (χ0n) is 9.05. The number of hydrogen-bond donors (Lipinski definition) is 1. The summed E-state index contributed by atoms with van der Waals surface area (Å²) in [6.45, 7) is 0.316. The van der Waals surface area contributed by atoms with Crippen LogP contribution >= 0.6 is 0 Å². The predicted molar refractivity (Wildman–Crippen MR) is 65.2 cm³/mol. The lowest BCUT2D eigenvalue weighted by atomic mass is 10.4. The van der Waals surface area contributed by atoms with Crippen LogP contribution < -0.4 is 4.72 Å². The quantitative estimate of drug-likeness (QED) is 0.768. The Morgan fingerprint density at radius 2 is 1.88 bits per heavy atom. The normalized spacial score (nSPS) is 13.6. The SMILES string of the molecule is CS(=O)CCCNS(=O)(=O)c1ccccc1. The van der Waals surface area contributed by atoms with E-state index in [4.69, 9.17) is 0 Å². The molecule has 1 atom stereocenters. The van der Waals surface area contributed by atoms with Crippen molar-refractivity contribution >= 4 is 20.8 Å². The first kappa shape index (κ1) is 13.3. The Labute approximate surface area is 98.6 Å². The van der Waals surface area contributed by atoms with Crippen LogP contribution in [0.3, 0.4) is 0 Å². The molecule has 0 aromatic heterocycles. The molecule has 1 unspecified atom stereocenters. The molecule has 16 heavy (non-hydrogen) atoms. The lowest BCUT2D eigenvalue weighted by Gasteiger charge is -2.05. The maximum Gasteiger partial charge on any atom is 0.240 e. The Hall–Kier alpha value is -0.720. The van der Waals surface area contributed by atoms with Crippen molar-refractivity contribution in [3.63, 3.8) is 0 Å². The Bertz CT molecular complexity index is 442. The van der Waals surface area contributed by atoms with Gasteiger partial charge in [0.1, 0.15) is 0 Å². The summed E-state index contributed by atoms with van der Waals surface area (Å²) in [5, 5.41) is 0. The van der Waals surface area contributed by atoms with Gasteiger partial charge in [-0.3, -0.25) is 4.21 Å². The van der Waals surface area contributed by atoms with Crippen LogP contribution in [0.5, 0.6) is 0 Å². The zero-order chi connectivity index (χ0) is 12.0. The highest BCUT2D eigenvalue weighted by molar-refractivity contribution is 7.89. The molecule has 0 heterocycles. The highest BCUT2D eigenvalue weighted by Crippen LogP contribution is 2.06. The molecule has 0 aliphatic carbocycles. The average Bonchev–Trinajstić information content (AvgIpc) is 2.26. The molecule has 1 rings (SSSR count). The monoisotopic (exact) mass is 261 g/mol. The van der Waals surface area contributed by atoms with Crippen LogP contribution in [-0.4, -0.2) is 31.2 Å². The van der Waals surface area contributed by atoms with Crippen molar-refractivity contribution in [3.05, 3.63) is 30.3 Å². The minimum Gasteiger partial charge on any atom is -0.260 e. The van der Waals surface area contributed by atoms with Gasteiger partial charge in [0.2, 0.25) is 10.0 Å².